The van der Waals surface area contributed by atoms with Crippen LogP contribution < -0.4 is 10.2 Å². The second-order valence-electron chi connectivity index (χ2n) is 5.14. The zero-order valence-corrected chi connectivity index (χ0v) is 10.9. The van der Waals surface area contributed by atoms with Crippen LogP contribution in [0.5, 0.6) is 0 Å². The Hall–Kier alpha value is -1.55. The van der Waals surface area contributed by atoms with Crippen LogP contribution in [0.3, 0.4) is 0 Å². The van der Waals surface area contributed by atoms with Gasteiger partial charge in [0.25, 0.3) is 5.91 Å². The number of rotatable bonds is 4. The summed E-state index contributed by atoms with van der Waals surface area (Å²) < 4.78 is 0. The predicted octanol–water partition coefficient (Wildman–Crippen LogP) is 1.25. The molecule has 1 amide bonds. The molecule has 0 atom stereocenters. The molecule has 1 aromatic carbocycles. The third-order valence-electron chi connectivity index (χ3n) is 3.41. The molecule has 1 saturated carbocycles. The van der Waals surface area contributed by atoms with Gasteiger partial charge in [-0.25, -0.2) is 0 Å². The highest BCUT2D eigenvalue weighted by atomic mass is 16.3. The molecular weight excluding hydrogens is 228 g/mol. The number of amides is 1. The van der Waals surface area contributed by atoms with Crippen LogP contribution in [0.15, 0.2) is 24.3 Å². The second kappa shape index (κ2) is 5.40. The Morgan fingerprint density at radius 3 is 2.44 bits per heavy atom. The molecule has 0 unspecified atom stereocenters. The lowest BCUT2D eigenvalue weighted by Crippen LogP contribution is -2.38. The summed E-state index contributed by atoms with van der Waals surface area (Å²) in [5.41, 5.74) is 1.76. The molecule has 0 aromatic heterocycles. The minimum absolute atomic E-state index is 0.0401. The lowest BCUT2D eigenvalue weighted by molar-refractivity contribution is 0.0420. The Morgan fingerprint density at radius 1 is 1.33 bits per heavy atom. The number of nitrogens with one attached hydrogen (secondary N) is 1. The van der Waals surface area contributed by atoms with E-state index in [9.17, 15) is 4.79 Å². The summed E-state index contributed by atoms with van der Waals surface area (Å²) in [6.07, 6.45) is 1.45. The molecule has 1 aliphatic carbocycles. The fourth-order valence-corrected chi connectivity index (χ4v) is 2.12. The van der Waals surface area contributed by atoms with Crippen molar-refractivity contribution >= 4 is 11.6 Å². The number of carbonyl (C=O) groups excluding carboxylic acids is 1. The minimum atomic E-state index is -0.161. The van der Waals surface area contributed by atoms with Crippen molar-refractivity contribution < 1.29 is 9.90 Å². The van der Waals surface area contributed by atoms with E-state index in [4.69, 9.17) is 5.11 Å². The maximum atomic E-state index is 11.9. The van der Waals surface area contributed by atoms with Gasteiger partial charge in [-0.2, -0.15) is 0 Å². The fraction of sp³-hybridized carbons (Fsp3) is 0.500. The molecule has 0 aliphatic heterocycles. The van der Waals surface area contributed by atoms with E-state index in [1.165, 1.54) is 0 Å². The molecule has 0 bridgehead atoms. The smallest absolute Gasteiger partial charge is 0.251 e. The van der Waals surface area contributed by atoms with Crippen LogP contribution >= 0.6 is 0 Å². The largest absolute Gasteiger partial charge is 0.393 e. The average Bonchev–Trinajstić information content (AvgIpc) is 2.33. The molecular formula is C14H20N2O2. The van der Waals surface area contributed by atoms with Crippen LogP contribution in [0.2, 0.25) is 0 Å². The van der Waals surface area contributed by atoms with Crippen molar-refractivity contribution in [3.63, 3.8) is 0 Å². The Balaban J connectivity index is 1.84. The maximum Gasteiger partial charge on any atom is 0.251 e. The fourth-order valence-electron chi connectivity index (χ4n) is 2.12. The number of carbonyl (C=O) groups is 1. The molecule has 98 valence electrons. The molecule has 2 rings (SSSR count). The highest BCUT2D eigenvalue weighted by Crippen LogP contribution is 2.26. The SMILES string of the molecule is CN(C)c1ccc(C(=O)NCC2CC(O)C2)cc1. The standard InChI is InChI=1S/C14H20N2O2/c1-16(2)12-5-3-11(4-6-12)14(18)15-9-10-7-13(17)8-10/h3-6,10,13,17H,7-9H2,1-2H3,(H,15,18). The van der Waals surface area contributed by atoms with Gasteiger partial charge < -0.3 is 15.3 Å². The Bertz CT molecular complexity index is 408. The Kier molecular flexibility index (Phi) is 3.87. The molecule has 1 fully saturated rings. The number of anilines is 1. The topological polar surface area (TPSA) is 52.6 Å². The van der Waals surface area contributed by atoms with Gasteiger partial charge in [-0.1, -0.05) is 0 Å². The van der Waals surface area contributed by atoms with E-state index in [1.807, 2.05) is 43.3 Å². The summed E-state index contributed by atoms with van der Waals surface area (Å²) in [5, 5.41) is 12.1. The van der Waals surface area contributed by atoms with Crippen molar-refractivity contribution in [1.29, 1.82) is 0 Å². The monoisotopic (exact) mass is 248 g/mol. The van der Waals surface area contributed by atoms with Crippen LogP contribution in [0.1, 0.15) is 23.2 Å². The number of hydrogen-bond donors (Lipinski definition) is 2. The molecule has 0 heterocycles. The van der Waals surface area contributed by atoms with Gasteiger partial charge in [0.05, 0.1) is 6.10 Å². The first-order chi connectivity index (χ1) is 8.56. The van der Waals surface area contributed by atoms with Crippen LogP contribution in [-0.4, -0.2) is 37.8 Å². The molecule has 4 nitrogen and oxygen atoms in total. The van der Waals surface area contributed by atoms with Crippen molar-refractivity contribution in [1.82, 2.24) is 5.32 Å². The summed E-state index contributed by atoms with van der Waals surface area (Å²) in [7, 11) is 3.94. The number of benzene rings is 1. The normalized spacial score (nSPS) is 22.2. The predicted molar refractivity (Wildman–Crippen MR) is 71.8 cm³/mol. The summed E-state index contributed by atoms with van der Waals surface area (Å²) in [6, 6.07) is 7.53. The van der Waals surface area contributed by atoms with Crippen molar-refractivity contribution in [2.45, 2.75) is 18.9 Å². The van der Waals surface area contributed by atoms with E-state index in [1.54, 1.807) is 0 Å². The average molecular weight is 248 g/mol. The number of hydrogen-bond acceptors (Lipinski definition) is 3. The van der Waals surface area contributed by atoms with E-state index in [0.717, 1.165) is 18.5 Å². The van der Waals surface area contributed by atoms with E-state index in [2.05, 4.69) is 5.32 Å². The summed E-state index contributed by atoms with van der Waals surface area (Å²) in [4.78, 5) is 13.9. The summed E-state index contributed by atoms with van der Waals surface area (Å²) >= 11 is 0. The molecule has 0 spiro atoms. The van der Waals surface area contributed by atoms with Gasteiger partial charge in [-0.15, -0.1) is 0 Å². The second-order valence-corrected chi connectivity index (χ2v) is 5.14. The van der Waals surface area contributed by atoms with Gasteiger partial charge in [-0.3, -0.25) is 4.79 Å². The van der Waals surface area contributed by atoms with E-state index >= 15 is 0 Å². The highest BCUT2D eigenvalue weighted by molar-refractivity contribution is 5.94. The summed E-state index contributed by atoms with van der Waals surface area (Å²) in [5.74, 6) is 0.395. The van der Waals surface area contributed by atoms with E-state index < -0.39 is 0 Å². The van der Waals surface area contributed by atoms with Gasteiger partial charge >= 0.3 is 0 Å². The van der Waals surface area contributed by atoms with Crippen molar-refractivity contribution in [3.05, 3.63) is 29.8 Å². The molecule has 0 saturated heterocycles. The number of aliphatic hydroxyl groups is 1. The first kappa shape index (κ1) is 12.9. The minimum Gasteiger partial charge on any atom is -0.393 e. The van der Waals surface area contributed by atoms with Gasteiger partial charge in [0.15, 0.2) is 0 Å². The number of aliphatic hydroxyl groups excluding tert-OH is 1. The van der Waals surface area contributed by atoms with Gasteiger partial charge in [0.1, 0.15) is 0 Å². The Morgan fingerprint density at radius 2 is 1.94 bits per heavy atom. The lowest BCUT2D eigenvalue weighted by Gasteiger charge is -2.31. The van der Waals surface area contributed by atoms with Gasteiger partial charge in [0.2, 0.25) is 0 Å². The molecule has 4 heteroatoms. The van der Waals surface area contributed by atoms with Gasteiger partial charge in [-0.05, 0) is 43.0 Å². The van der Waals surface area contributed by atoms with Gasteiger partial charge in [0, 0.05) is 31.9 Å². The summed E-state index contributed by atoms with van der Waals surface area (Å²) in [6.45, 7) is 0.658. The van der Waals surface area contributed by atoms with E-state index in [-0.39, 0.29) is 12.0 Å². The third kappa shape index (κ3) is 3.01. The third-order valence-corrected chi connectivity index (χ3v) is 3.41. The Labute approximate surface area is 108 Å². The van der Waals surface area contributed by atoms with Crippen LogP contribution in [0.4, 0.5) is 5.69 Å². The molecule has 1 aliphatic rings. The van der Waals surface area contributed by atoms with E-state index in [0.29, 0.717) is 18.0 Å². The van der Waals surface area contributed by atoms with Crippen molar-refractivity contribution in [3.8, 4) is 0 Å². The first-order valence-corrected chi connectivity index (χ1v) is 6.30. The maximum absolute atomic E-state index is 11.9. The molecule has 18 heavy (non-hydrogen) atoms. The quantitative estimate of drug-likeness (QED) is 0.843. The zero-order valence-electron chi connectivity index (χ0n) is 10.9. The highest BCUT2D eigenvalue weighted by Gasteiger charge is 2.27. The zero-order chi connectivity index (χ0) is 13.1. The van der Waals surface area contributed by atoms with Crippen molar-refractivity contribution in [2.24, 2.45) is 5.92 Å². The lowest BCUT2D eigenvalue weighted by atomic mass is 9.82. The molecule has 2 N–H and O–H groups in total. The van der Waals surface area contributed by atoms with Crippen molar-refractivity contribution in [2.75, 3.05) is 25.5 Å². The van der Waals surface area contributed by atoms with Crippen LogP contribution in [0.25, 0.3) is 0 Å². The number of nitrogens with zero attached hydrogens (tertiary/aromatic N) is 1. The molecule has 0 radical (unpaired) electrons. The van der Waals surface area contributed by atoms with Crippen LogP contribution in [-0.2, 0) is 0 Å². The first-order valence-electron chi connectivity index (χ1n) is 6.30. The molecule has 1 aromatic rings. The van der Waals surface area contributed by atoms with Crippen LogP contribution in [0, 0.1) is 5.92 Å².